The summed E-state index contributed by atoms with van der Waals surface area (Å²) in [4.78, 5) is 16.7. The Hall–Kier alpha value is -1.86. The third kappa shape index (κ3) is 3.83. The first-order valence-corrected chi connectivity index (χ1v) is 7.70. The fraction of sp³-hybridized carbons (Fsp3) is 0.429. The predicted molar refractivity (Wildman–Crippen MR) is 83.7 cm³/mol. The minimum atomic E-state index is -0.206. The van der Waals surface area contributed by atoms with E-state index in [1.807, 2.05) is 26.2 Å². The smallest absolute Gasteiger partial charge is 0.259 e. The van der Waals surface area contributed by atoms with Crippen molar-refractivity contribution in [3.05, 3.63) is 34.1 Å². The largest absolute Gasteiger partial charge is 0.309 e. The highest BCUT2D eigenvalue weighted by atomic mass is 32.1. The van der Waals surface area contributed by atoms with E-state index in [1.54, 1.807) is 13.0 Å². The molecule has 0 aliphatic carbocycles. The van der Waals surface area contributed by atoms with Crippen molar-refractivity contribution in [3.8, 4) is 0 Å². The van der Waals surface area contributed by atoms with E-state index in [0.29, 0.717) is 22.1 Å². The van der Waals surface area contributed by atoms with Crippen LogP contribution in [0.3, 0.4) is 0 Å². The van der Waals surface area contributed by atoms with Gasteiger partial charge in [0.05, 0.1) is 22.6 Å². The quantitative estimate of drug-likeness (QED) is 0.887. The number of thiazole rings is 1. The number of aromatic nitrogens is 3. The van der Waals surface area contributed by atoms with Gasteiger partial charge < -0.3 is 5.32 Å². The standard InChI is InChI=1S/C14H19N5OS/c1-5-15-10(4)12-7-21-14(16-12)17-13(20)11-6-8(2)18-19-9(11)3/h6-7,10,15H,5H2,1-4H3,(H,16,17,20). The molecule has 112 valence electrons. The molecule has 2 aromatic rings. The number of hydrogen-bond acceptors (Lipinski definition) is 6. The molecule has 1 atom stereocenters. The van der Waals surface area contributed by atoms with Crippen LogP contribution in [-0.4, -0.2) is 27.6 Å². The summed E-state index contributed by atoms with van der Waals surface area (Å²) in [5, 5.41) is 16.5. The Bertz CT molecular complexity index is 640. The lowest BCUT2D eigenvalue weighted by Gasteiger charge is -2.08. The molecule has 0 saturated heterocycles. The fourth-order valence-electron chi connectivity index (χ4n) is 1.90. The van der Waals surface area contributed by atoms with Gasteiger partial charge in [-0.25, -0.2) is 4.98 Å². The number of amides is 1. The Balaban J connectivity index is 2.11. The van der Waals surface area contributed by atoms with Crippen LogP contribution in [0, 0.1) is 13.8 Å². The number of anilines is 1. The summed E-state index contributed by atoms with van der Waals surface area (Å²) in [5.41, 5.74) is 2.78. The van der Waals surface area contributed by atoms with Crippen molar-refractivity contribution in [3.63, 3.8) is 0 Å². The van der Waals surface area contributed by atoms with Crippen LogP contribution in [0.25, 0.3) is 0 Å². The minimum absolute atomic E-state index is 0.170. The first-order chi connectivity index (χ1) is 10.0. The summed E-state index contributed by atoms with van der Waals surface area (Å²) in [6.07, 6.45) is 0. The van der Waals surface area contributed by atoms with E-state index in [0.717, 1.165) is 12.2 Å². The first kappa shape index (κ1) is 15.5. The maximum atomic E-state index is 12.3. The summed E-state index contributed by atoms with van der Waals surface area (Å²) < 4.78 is 0. The van der Waals surface area contributed by atoms with Gasteiger partial charge in [0.25, 0.3) is 5.91 Å². The van der Waals surface area contributed by atoms with Crippen LogP contribution in [0.15, 0.2) is 11.4 Å². The molecule has 2 aromatic heterocycles. The Morgan fingerprint density at radius 2 is 2.14 bits per heavy atom. The summed E-state index contributed by atoms with van der Waals surface area (Å²) in [7, 11) is 0. The van der Waals surface area contributed by atoms with E-state index < -0.39 is 0 Å². The van der Waals surface area contributed by atoms with E-state index in [2.05, 4.69) is 25.8 Å². The zero-order valence-corrected chi connectivity index (χ0v) is 13.4. The molecule has 6 nitrogen and oxygen atoms in total. The van der Waals surface area contributed by atoms with Crippen LogP contribution in [0.1, 0.15) is 47.3 Å². The third-order valence-electron chi connectivity index (χ3n) is 3.04. The van der Waals surface area contributed by atoms with E-state index in [-0.39, 0.29) is 11.9 Å². The molecule has 0 bridgehead atoms. The number of rotatable bonds is 5. The first-order valence-electron chi connectivity index (χ1n) is 6.82. The molecule has 1 amide bonds. The van der Waals surface area contributed by atoms with Crippen LogP contribution in [0.5, 0.6) is 0 Å². The van der Waals surface area contributed by atoms with Crippen LogP contribution in [0.2, 0.25) is 0 Å². The lowest BCUT2D eigenvalue weighted by molar-refractivity contribution is 0.102. The van der Waals surface area contributed by atoms with Crippen molar-refractivity contribution < 1.29 is 4.79 Å². The molecule has 21 heavy (non-hydrogen) atoms. The Kier molecular flexibility index (Phi) is 4.98. The predicted octanol–water partition coefficient (Wildman–Crippen LogP) is 2.47. The molecular weight excluding hydrogens is 286 g/mol. The Morgan fingerprint density at radius 3 is 2.86 bits per heavy atom. The fourth-order valence-corrected chi connectivity index (χ4v) is 2.70. The molecule has 0 aliphatic heterocycles. The lowest BCUT2D eigenvalue weighted by Crippen LogP contribution is -2.18. The molecule has 2 heterocycles. The lowest BCUT2D eigenvalue weighted by atomic mass is 10.2. The second-order valence-corrected chi connectivity index (χ2v) is 5.65. The van der Waals surface area contributed by atoms with Crippen LogP contribution in [-0.2, 0) is 0 Å². The van der Waals surface area contributed by atoms with Gasteiger partial charge in [-0.05, 0) is 33.4 Å². The topological polar surface area (TPSA) is 79.8 Å². The number of carbonyl (C=O) groups is 1. The van der Waals surface area contributed by atoms with Gasteiger partial charge in [0.15, 0.2) is 5.13 Å². The summed E-state index contributed by atoms with van der Waals surface area (Å²) in [6, 6.07) is 1.90. The maximum absolute atomic E-state index is 12.3. The molecule has 2 N–H and O–H groups in total. The number of carbonyl (C=O) groups excluding carboxylic acids is 1. The molecule has 0 radical (unpaired) electrons. The van der Waals surface area contributed by atoms with Gasteiger partial charge in [0, 0.05) is 11.4 Å². The summed E-state index contributed by atoms with van der Waals surface area (Å²) >= 11 is 1.42. The number of nitrogens with zero attached hydrogens (tertiary/aromatic N) is 3. The highest BCUT2D eigenvalue weighted by Gasteiger charge is 2.14. The summed E-state index contributed by atoms with van der Waals surface area (Å²) in [6.45, 7) is 8.55. The van der Waals surface area contributed by atoms with Gasteiger partial charge >= 0.3 is 0 Å². The number of nitrogens with one attached hydrogen (secondary N) is 2. The van der Waals surface area contributed by atoms with Crippen molar-refractivity contribution in [2.45, 2.75) is 33.7 Å². The van der Waals surface area contributed by atoms with Gasteiger partial charge in [0.1, 0.15) is 0 Å². The monoisotopic (exact) mass is 305 g/mol. The van der Waals surface area contributed by atoms with Gasteiger partial charge in [0.2, 0.25) is 0 Å². The van der Waals surface area contributed by atoms with Gasteiger partial charge in [-0.2, -0.15) is 10.2 Å². The van der Waals surface area contributed by atoms with E-state index >= 15 is 0 Å². The molecule has 0 saturated carbocycles. The van der Waals surface area contributed by atoms with Crippen LogP contribution < -0.4 is 10.6 Å². The molecule has 1 unspecified atom stereocenters. The second kappa shape index (κ2) is 6.73. The molecule has 0 aliphatic rings. The minimum Gasteiger partial charge on any atom is -0.309 e. The van der Waals surface area contributed by atoms with Crippen molar-refractivity contribution in [1.82, 2.24) is 20.5 Å². The van der Waals surface area contributed by atoms with Crippen LogP contribution in [0.4, 0.5) is 5.13 Å². The normalized spacial score (nSPS) is 12.2. The third-order valence-corrected chi connectivity index (χ3v) is 3.82. The van der Waals surface area contributed by atoms with Crippen LogP contribution >= 0.6 is 11.3 Å². The Labute approximate surface area is 128 Å². The van der Waals surface area contributed by atoms with Crippen molar-refractivity contribution in [1.29, 1.82) is 0 Å². The van der Waals surface area contributed by atoms with Crippen molar-refractivity contribution >= 4 is 22.4 Å². The molecular formula is C14H19N5OS. The summed E-state index contributed by atoms with van der Waals surface area (Å²) in [5.74, 6) is -0.206. The number of hydrogen-bond donors (Lipinski definition) is 2. The average Bonchev–Trinajstić information content (AvgIpc) is 2.90. The van der Waals surface area contributed by atoms with Gasteiger partial charge in [-0.15, -0.1) is 11.3 Å². The average molecular weight is 305 g/mol. The van der Waals surface area contributed by atoms with Gasteiger partial charge in [-0.1, -0.05) is 6.92 Å². The second-order valence-electron chi connectivity index (χ2n) is 4.80. The van der Waals surface area contributed by atoms with E-state index in [4.69, 9.17) is 0 Å². The molecule has 0 spiro atoms. The molecule has 2 rings (SSSR count). The van der Waals surface area contributed by atoms with E-state index in [1.165, 1.54) is 11.3 Å². The SMILES string of the molecule is CCNC(C)c1csc(NC(=O)c2cc(C)nnc2C)n1. The highest BCUT2D eigenvalue weighted by Crippen LogP contribution is 2.21. The van der Waals surface area contributed by atoms with Crippen molar-refractivity contribution in [2.75, 3.05) is 11.9 Å². The van der Waals surface area contributed by atoms with E-state index in [9.17, 15) is 4.79 Å². The molecule has 0 aromatic carbocycles. The molecule has 7 heteroatoms. The van der Waals surface area contributed by atoms with Gasteiger partial charge in [-0.3, -0.25) is 10.1 Å². The Morgan fingerprint density at radius 1 is 1.38 bits per heavy atom. The number of aryl methyl sites for hydroxylation is 2. The zero-order valence-electron chi connectivity index (χ0n) is 12.6. The maximum Gasteiger partial charge on any atom is 0.259 e. The highest BCUT2D eigenvalue weighted by molar-refractivity contribution is 7.14. The zero-order chi connectivity index (χ0) is 15.4. The molecule has 0 fully saturated rings. The van der Waals surface area contributed by atoms with Crippen molar-refractivity contribution in [2.24, 2.45) is 0 Å².